The van der Waals surface area contributed by atoms with Gasteiger partial charge in [-0.15, -0.1) is 47.0 Å². The van der Waals surface area contributed by atoms with Crippen LogP contribution >= 0.6 is 47.0 Å². The molecule has 4 aliphatic rings. The van der Waals surface area contributed by atoms with Crippen LogP contribution in [0.4, 0.5) is 9.59 Å². The van der Waals surface area contributed by atoms with Gasteiger partial charge >= 0.3 is 12.2 Å². The Morgan fingerprint density at radius 2 is 0.969 bits per heavy atom. The average Bonchev–Trinajstić information content (AvgIpc) is 4.17. The van der Waals surface area contributed by atoms with Crippen molar-refractivity contribution in [3.63, 3.8) is 0 Å². The molecule has 0 radical (unpaired) electrons. The van der Waals surface area contributed by atoms with Gasteiger partial charge in [0.2, 0.25) is 11.8 Å². The van der Waals surface area contributed by atoms with Crippen molar-refractivity contribution >= 4 is 93.1 Å². The second-order valence-corrected chi connectivity index (χ2v) is 24.0. The summed E-state index contributed by atoms with van der Waals surface area (Å²) < 4.78 is 9.51. The van der Waals surface area contributed by atoms with Crippen LogP contribution in [0.15, 0.2) is 60.7 Å². The largest absolute Gasteiger partial charge is 0.453 e. The van der Waals surface area contributed by atoms with E-state index in [9.17, 15) is 19.2 Å². The summed E-state index contributed by atoms with van der Waals surface area (Å²) in [4.78, 5) is 73.9. The number of alkyl carbamates (subject to hydrolysis) is 2. The van der Waals surface area contributed by atoms with Gasteiger partial charge in [-0.1, -0.05) is 64.1 Å². The summed E-state index contributed by atoms with van der Waals surface area (Å²) in [5, 5.41) is 5.55. The van der Waals surface area contributed by atoms with E-state index >= 15 is 0 Å². The van der Waals surface area contributed by atoms with E-state index in [4.69, 9.17) is 19.4 Å². The molecular formula is C46H54N8O6S4. The lowest BCUT2D eigenvalue weighted by Crippen LogP contribution is -2.51. The first-order valence-electron chi connectivity index (χ1n) is 21.7. The number of ether oxygens (including phenoxy) is 2. The number of amides is 4. The average molecular weight is 943 g/mol. The number of hydrogen-bond donors (Lipinski definition) is 4. The predicted octanol–water partition coefficient (Wildman–Crippen LogP) is 8.43. The van der Waals surface area contributed by atoms with Gasteiger partial charge in [-0.3, -0.25) is 9.59 Å². The highest BCUT2D eigenvalue weighted by atomic mass is 32.2. The Balaban J connectivity index is 0.945. The van der Waals surface area contributed by atoms with Gasteiger partial charge in [0.15, 0.2) is 0 Å². The zero-order valence-electron chi connectivity index (χ0n) is 36.8. The predicted molar refractivity (Wildman–Crippen MR) is 258 cm³/mol. The fraction of sp³-hybridized carbons (Fsp3) is 0.478. The van der Waals surface area contributed by atoms with E-state index in [1.165, 1.54) is 14.2 Å². The molecule has 3 aromatic carbocycles. The second kappa shape index (κ2) is 18.0. The van der Waals surface area contributed by atoms with Crippen LogP contribution in [0.25, 0.3) is 44.3 Å². The maximum atomic E-state index is 14.2. The van der Waals surface area contributed by atoms with Gasteiger partial charge in [0.05, 0.1) is 56.5 Å². The zero-order valence-corrected chi connectivity index (χ0v) is 40.0. The fourth-order valence-corrected chi connectivity index (χ4v) is 15.9. The van der Waals surface area contributed by atoms with Crippen molar-refractivity contribution in [2.45, 2.75) is 72.9 Å². The Hall–Kier alpha value is -4.52. The first-order chi connectivity index (χ1) is 30.8. The molecule has 0 bridgehead atoms. The van der Waals surface area contributed by atoms with E-state index in [1.54, 1.807) is 0 Å². The third-order valence-corrected chi connectivity index (χ3v) is 19.6. The molecular weight excluding hydrogens is 889 g/mol. The third kappa shape index (κ3) is 8.66. The number of rotatable bonds is 10. The van der Waals surface area contributed by atoms with Crippen LogP contribution in [0, 0.1) is 11.8 Å². The number of H-pyrrole nitrogens is 2. The molecule has 4 saturated heterocycles. The van der Waals surface area contributed by atoms with E-state index in [1.807, 2.05) is 96.7 Å². The number of fused-ring (bicyclic) bond motifs is 2. The number of nitrogens with zero attached hydrogens (tertiary/aromatic N) is 4. The molecule has 4 atom stereocenters. The fourth-order valence-electron chi connectivity index (χ4n) is 9.39. The standard InChI is InChI=1S/C46H54N8O6S4/c1-25(2)37(51-43(57)59-5)41(55)53-23-45(61-15-16-62-45)21-35(53)39-47-31-13-11-29(19-33(31)49-39)27-7-9-28(10-8-27)30-12-14-32-34(20-30)50-40(48-32)36-22-46(63-17-18-64-46)24-54(36)42(56)38(26(3)4)52-44(58)60-6/h7-14,19-20,25-26,35-38H,15-18,21-24H2,1-6H3,(H,47,49)(H,48,50)(H,51,57)(H,52,58)/t35-,36-,37-,38-/m0/s1. The van der Waals surface area contributed by atoms with Crippen molar-refractivity contribution in [3.8, 4) is 22.3 Å². The Bertz CT molecular complexity index is 2390. The van der Waals surface area contributed by atoms with Crippen molar-refractivity contribution in [1.82, 2.24) is 40.4 Å². The molecule has 6 heterocycles. The van der Waals surface area contributed by atoms with Crippen molar-refractivity contribution in [1.29, 1.82) is 0 Å². The van der Waals surface area contributed by atoms with Gasteiger partial charge in [-0.25, -0.2) is 19.6 Å². The van der Waals surface area contributed by atoms with E-state index in [0.29, 0.717) is 13.1 Å². The number of thioether (sulfide) groups is 4. The molecule has 5 aromatic rings. The van der Waals surface area contributed by atoms with Crippen LogP contribution in [0.2, 0.25) is 0 Å². The molecule has 18 heteroatoms. The first-order valence-corrected chi connectivity index (χ1v) is 25.7. The minimum Gasteiger partial charge on any atom is -0.453 e. The quantitative estimate of drug-likeness (QED) is 0.105. The van der Waals surface area contributed by atoms with Gasteiger partial charge in [0.25, 0.3) is 0 Å². The Morgan fingerprint density at radius 3 is 1.31 bits per heavy atom. The van der Waals surface area contributed by atoms with Crippen LogP contribution in [0.5, 0.6) is 0 Å². The van der Waals surface area contributed by atoms with Gasteiger partial charge < -0.3 is 39.9 Å². The van der Waals surface area contributed by atoms with Gasteiger partial charge in [0.1, 0.15) is 23.7 Å². The Morgan fingerprint density at radius 1 is 0.609 bits per heavy atom. The lowest BCUT2D eigenvalue weighted by Gasteiger charge is -2.30. The number of imidazole rings is 2. The number of carbonyl (C=O) groups excluding carboxylic acids is 4. The number of aromatic amines is 2. The first kappa shape index (κ1) is 44.7. The summed E-state index contributed by atoms with van der Waals surface area (Å²) in [6.45, 7) is 8.88. The molecule has 4 fully saturated rings. The molecule has 2 aromatic heterocycles. The third-order valence-electron chi connectivity index (χ3n) is 12.7. The smallest absolute Gasteiger partial charge is 0.407 e. The van der Waals surface area contributed by atoms with E-state index in [0.717, 1.165) is 91.8 Å². The molecule has 338 valence electrons. The van der Waals surface area contributed by atoms with Gasteiger partial charge in [-0.05, 0) is 58.4 Å². The molecule has 0 saturated carbocycles. The minimum atomic E-state index is -0.718. The SMILES string of the molecule is COC(=O)N[C@H](C(=O)N1CC2(C[C@H]1c1nc3ccc(-c4ccc(-c5ccc6nc([C@@H]7CC8(CN7C(=O)[C@@H](NC(=O)OC)C(C)C)SCCS8)[nH]c6c5)cc4)cc3[nH]1)SCCS2)C(C)C. The summed E-state index contributed by atoms with van der Waals surface area (Å²) in [5.41, 5.74) is 7.63. The number of benzene rings is 3. The summed E-state index contributed by atoms with van der Waals surface area (Å²) in [6, 6.07) is 19.0. The highest BCUT2D eigenvalue weighted by molar-refractivity contribution is 8.21. The summed E-state index contributed by atoms with van der Waals surface area (Å²) in [6.07, 6.45) is 0.295. The lowest BCUT2D eigenvalue weighted by atomic mass is 10.00. The zero-order chi connectivity index (χ0) is 44.9. The summed E-state index contributed by atoms with van der Waals surface area (Å²) in [5.74, 6) is 5.13. The van der Waals surface area contributed by atoms with E-state index in [2.05, 4.69) is 69.1 Å². The Kier molecular flexibility index (Phi) is 12.6. The molecule has 0 unspecified atom stereocenters. The van der Waals surface area contributed by atoms with Crippen LogP contribution in [0.3, 0.4) is 0 Å². The van der Waals surface area contributed by atoms with E-state index in [-0.39, 0.29) is 43.9 Å². The van der Waals surface area contributed by atoms with Crippen molar-refractivity contribution < 1.29 is 28.7 Å². The normalized spacial score (nSPS) is 21.1. The van der Waals surface area contributed by atoms with Crippen LogP contribution in [-0.2, 0) is 19.1 Å². The summed E-state index contributed by atoms with van der Waals surface area (Å²) >= 11 is 7.65. The van der Waals surface area contributed by atoms with Crippen molar-refractivity contribution in [3.05, 3.63) is 72.3 Å². The maximum absolute atomic E-state index is 14.2. The number of carbonyl (C=O) groups is 4. The highest BCUT2D eigenvalue weighted by Crippen LogP contribution is 2.56. The molecule has 4 aliphatic heterocycles. The number of likely N-dealkylation sites (tertiary alicyclic amines) is 2. The molecule has 64 heavy (non-hydrogen) atoms. The number of hydrogen-bond acceptors (Lipinski definition) is 12. The number of aromatic nitrogens is 4. The topological polar surface area (TPSA) is 175 Å². The van der Waals surface area contributed by atoms with Gasteiger partial charge in [0, 0.05) is 48.9 Å². The summed E-state index contributed by atoms with van der Waals surface area (Å²) in [7, 11) is 2.62. The number of nitrogens with one attached hydrogen (secondary N) is 4. The molecule has 9 rings (SSSR count). The molecule has 2 spiro atoms. The maximum Gasteiger partial charge on any atom is 0.407 e. The Labute approximate surface area is 389 Å². The van der Waals surface area contributed by atoms with Crippen LogP contribution in [0.1, 0.15) is 64.3 Å². The van der Waals surface area contributed by atoms with Crippen LogP contribution < -0.4 is 10.6 Å². The van der Waals surface area contributed by atoms with E-state index < -0.39 is 24.3 Å². The molecule has 4 amide bonds. The van der Waals surface area contributed by atoms with Gasteiger partial charge in [-0.2, -0.15) is 0 Å². The minimum absolute atomic E-state index is 0.110. The second-order valence-electron chi connectivity index (χ2n) is 17.6. The lowest BCUT2D eigenvalue weighted by molar-refractivity contribution is -0.136. The monoisotopic (exact) mass is 942 g/mol. The van der Waals surface area contributed by atoms with Crippen LogP contribution in [-0.4, -0.2) is 124 Å². The van der Waals surface area contributed by atoms with Crippen molar-refractivity contribution in [2.24, 2.45) is 11.8 Å². The highest BCUT2D eigenvalue weighted by Gasteiger charge is 2.53. The number of methoxy groups -OCH3 is 2. The molecule has 0 aliphatic carbocycles. The molecule has 4 N–H and O–H groups in total. The van der Waals surface area contributed by atoms with Crippen molar-refractivity contribution in [2.75, 3.05) is 50.3 Å². The molecule has 14 nitrogen and oxygen atoms in total.